The van der Waals surface area contributed by atoms with E-state index < -0.39 is 24.5 Å². The summed E-state index contributed by atoms with van der Waals surface area (Å²) in [5.41, 5.74) is 6.20. The summed E-state index contributed by atoms with van der Waals surface area (Å²) in [5, 5.41) is 0. The zero-order chi connectivity index (χ0) is 13.9. The second kappa shape index (κ2) is 5.52. The number of hydrogen-bond acceptors (Lipinski definition) is 3. The van der Waals surface area contributed by atoms with Gasteiger partial charge in [-0.3, -0.25) is 0 Å². The zero-order valence-electron chi connectivity index (χ0n) is 10.4. The van der Waals surface area contributed by atoms with Crippen LogP contribution in [0.4, 0.5) is 13.6 Å². The molecule has 1 aromatic rings. The number of nitrogens with two attached hydrogens (primary N) is 1. The maximum absolute atomic E-state index is 13.2. The van der Waals surface area contributed by atoms with Crippen LogP contribution in [0.25, 0.3) is 0 Å². The SMILES string of the molecule is NC1CN(C(=O)OCc2ccccc2)CCC1(F)F. The molecule has 1 fully saturated rings. The Labute approximate surface area is 110 Å². The van der Waals surface area contributed by atoms with Crippen molar-refractivity contribution >= 4 is 6.09 Å². The lowest BCUT2D eigenvalue weighted by molar-refractivity contribution is -0.0696. The van der Waals surface area contributed by atoms with Crippen LogP contribution >= 0.6 is 0 Å². The molecule has 6 heteroatoms. The monoisotopic (exact) mass is 270 g/mol. The number of benzene rings is 1. The van der Waals surface area contributed by atoms with Gasteiger partial charge in [0.25, 0.3) is 5.92 Å². The fourth-order valence-corrected chi connectivity index (χ4v) is 1.91. The number of halogens is 2. The number of piperidine rings is 1. The number of carbonyl (C=O) groups is 1. The molecule has 1 aliphatic rings. The summed E-state index contributed by atoms with van der Waals surface area (Å²) >= 11 is 0. The Balaban J connectivity index is 1.84. The van der Waals surface area contributed by atoms with Crippen LogP contribution < -0.4 is 5.73 Å². The van der Waals surface area contributed by atoms with Gasteiger partial charge in [-0.05, 0) is 5.56 Å². The van der Waals surface area contributed by atoms with E-state index >= 15 is 0 Å². The van der Waals surface area contributed by atoms with Gasteiger partial charge in [-0.15, -0.1) is 0 Å². The number of ether oxygens (including phenoxy) is 1. The Morgan fingerprint density at radius 3 is 2.74 bits per heavy atom. The van der Waals surface area contributed by atoms with Crippen LogP contribution in [0.1, 0.15) is 12.0 Å². The molecule has 1 atom stereocenters. The van der Waals surface area contributed by atoms with Crippen molar-refractivity contribution < 1.29 is 18.3 Å². The summed E-state index contributed by atoms with van der Waals surface area (Å²) in [7, 11) is 0. The standard InChI is InChI=1S/C13H16F2N2O2/c14-13(15)6-7-17(8-11(13)16)12(18)19-9-10-4-2-1-3-5-10/h1-5,11H,6-9,16H2. The van der Waals surface area contributed by atoms with Crippen LogP contribution in [-0.2, 0) is 11.3 Å². The third-order valence-electron chi connectivity index (χ3n) is 3.14. The van der Waals surface area contributed by atoms with E-state index in [0.29, 0.717) is 0 Å². The molecule has 2 rings (SSSR count). The van der Waals surface area contributed by atoms with Crippen molar-refractivity contribution in [2.75, 3.05) is 13.1 Å². The van der Waals surface area contributed by atoms with Gasteiger partial charge in [0.05, 0.1) is 6.04 Å². The molecule has 1 heterocycles. The van der Waals surface area contributed by atoms with Gasteiger partial charge in [-0.25, -0.2) is 13.6 Å². The Hall–Kier alpha value is -1.69. The molecule has 104 valence electrons. The number of likely N-dealkylation sites (tertiary alicyclic amines) is 1. The Morgan fingerprint density at radius 1 is 1.42 bits per heavy atom. The maximum atomic E-state index is 13.2. The van der Waals surface area contributed by atoms with E-state index in [-0.39, 0.29) is 19.7 Å². The summed E-state index contributed by atoms with van der Waals surface area (Å²) in [4.78, 5) is 13.0. The molecule has 0 bridgehead atoms. The first-order valence-electron chi connectivity index (χ1n) is 6.08. The summed E-state index contributed by atoms with van der Waals surface area (Å²) < 4.78 is 31.4. The molecular weight excluding hydrogens is 254 g/mol. The second-order valence-electron chi connectivity index (χ2n) is 4.60. The Bertz CT molecular complexity index is 440. The number of amides is 1. The third-order valence-corrected chi connectivity index (χ3v) is 3.14. The summed E-state index contributed by atoms with van der Waals surface area (Å²) in [6.45, 7) is -0.0866. The van der Waals surface area contributed by atoms with E-state index in [2.05, 4.69) is 0 Å². The summed E-state index contributed by atoms with van der Waals surface area (Å²) in [6.07, 6.45) is -1.02. The van der Waals surface area contributed by atoms with Crippen molar-refractivity contribution in [3.05, 3.63) is 35.9 Å². The van der Waals surface area contributed by atoms with Crippen molar-refractivity contribution in [3.8, 4) is 0 Å². The van der Waals surface area contributed by atoms with Crippen LogP contribution in [0.2, 0.25) is 0 Å². The van der Waals surface area contributed by atoms with Crippen LogP contribution in [0, 0.1) is 0 Å². The third kappa shape index (κ3) is 3.41. The lowest BCUT2D eigenvalue weighted by Gasteiger charge is -2.35. The van der Waals surface area contributed by atoms with E-state index in [0.717, 1.165) is 5.56 Å². The molecule has 1 aromatic carbocycles. The van der Waals surface area contributed by atoms with Crippen molar-refractivity contribution in [2.45, 2.75) is 25.0 Å². The number of nitrogens with zero attached hydrogens (tertiary/aromatic N) is 1. The van der Waals surface area contributed by atoms with Crippen molar-refractivity contribution in [1.82, 2.24) is 4.90 Å². The van der Waals surface area contributed by atoms with Gasteiger partial charge >= 0.3 is 6.09 Å². The van der Waals surface area contributed by atoms with Crippen molar-refractivity contribution in [1.29, 1.82) is 0 Å². The molecule has 1 aliphatic heterocycles. The summed E-state index contributed by atoms with van der Waals surface area (Å²) in [6, 6.07) is 7.84. The molecule has 1 amide bonds. The van der Waals surface area contributed by atoms with Gasteiger partial charge in [0.15, 0.2) is 0 Å². The van der Waals surface area contributed by atoms with E-state index in [1.165, 1.54) is 4.90 Å². The molecule has 1 saturated heterocycles. The van der Waals surface area contributed by atoms with E-state index in [1.807, 2.05) is 30.3 Å². The number of alkyl halides is 2. The lowest BCUT2D eigenvalue weighted by atomic mass is 10.0. The first-order chi connectivity index (χ1) is 8.99. The highest BCUT2D eigenvalue weighted by atomic mass is 19.3. The van der Waals surface area contributed by atoms with Crippen molar-refractivity contribution in [2.24, 2.45) is 5.73 Å². The average molecular weight is 270 g/mol. The van der Waals surface area contributed by atoms with Crippen LogP contribution in [0.15, 0.2) is 30.3 Å². The van der Waals surface area contributed by atoms with Gasteiger partial charge in [-0.1, -0.05) is 30.3 Å². The van der Waals surface area contributed by atoms with Crippen LogP contribution in [0.3, 0.4) is 0 Å². The molecule has 0 aromatic heterocycles. The number of hydrogen-bond donors (Lipinski definition) is 1. The Kier molecular flexibility index (Phi) is 3.99. The lowest BCUT2D eigenvalue weighted by Crippen LogP contribution is -2.56. The fourth-order valence-electron chi connectivity index (χ4n) is 1.91. The highest BCUT2D eigenvalue weighted by Gasteiger charge is 2.43. The van der Waals surface area contributed by atoms with Crippen molar-refractivity contribution in [3.63, 3.8) is 0 Å². The number of rotatable bonds is 2. The second-order valence-corrected chi connectivity index (χ2v) is 4.60. The van der Waals surface area contributed by atoms with Gasteiger partial charge in [0.1, 0.15) is 6.61 Å². The Morgan fingerprint density at radius 2 is 2.11 bits per heavy atom. The highest BCUT2D eigenvalue weighted by molar-refractivity contribution is 5.67. The zero-order valence-corrected chi connectivity index (χ0v) is 10.4. The fraction of sp³-hybridized carbons (Fsp3) is 0.462. The van der Waals surface area contributed by atoms with Gasteiger partial charge < -0.3 is 15.4 Å². The normalized spacial score (nSPS) is 22.1. The predicted molar refractivity (Wildman–Crippen MR) is 65.7 cm³/mol. The van der Waals surface area contributed by atoms with E-state index in [1.54, 1.807) is 0 Å². The van der Waals surface area contributed by atoms with Gasteiger partial charge in [-0.2, -0.15) is 0 Å². The molecule has 2 N–H and O–H groups in total. The molecular formula is C13H16F2N2O2. The molecule has 0 spiro atoms. The van der Waals surface area contributed by atoms with E-state index in [9.17, 15) is 13.6 Å². The molecule has 1 unspecified atom stereocenters. The quantitative estimate of drug-likeness (QED) is 0.894. The number of carbonyl (C=O) groups excluding carboxylic acids is 1. The average Bonchev–Trinajstić information content (AvgIpc) is 2.40. The van der Waals surface area contributed by atoms with Gasteiger partial charge in [0, 0.05) is 19.5 Å². The minimum absolute atomic E-state index is 0.0334. The topological polar surface area (TPSA) is 55.6 Å². The smallest absolute Gasteiger partial charge is 0.410 e. The minimum Gasteiger partial charge on any atom is -0.445 e. The van der Waals surface area contributed by atoms with Gasteiger partial charge in [0.2, 0.25) is 0 Å². The molecule has 0 radical (unpaired) electrons. The molecule has 4 nitrogen and oxygen atoms in total. The van der Waals surface area contributed by atoms with Crippen LogP contribution in [0.5, 0.6) is 0 Å². The maximum Gasteiger partial charge on any atom is 0.410 e. The molecule has 0 saturated carbocycles. The van der Waals surface area contributed by atoms with Crippen LogP contribution in [-0.4, -0.2) is 36.0 Å². The largest absolute Gasteiger partial charge is 0.445 e. The first kappa shape index (κ1) is 13.7. The highest BCUT2D eigenvalue weighted by Crippen LogP contribution is 2.27. The summed E-state index contributed by atoms with van der Waals surface area (Å²) in [5.74, 6) is -2.91. The molecule has 19 heavy (non-hydrogen) atoms. The van der Waals surface area contributed by atoms with E-state index in [4.69, 9.17) is 10.5 Å². The first-order valence-corrected chi connectivity index (χ1v) is 6.08. The predicted octanol–water partition coefficient (Wildman–Crippen LogP) is 1.99. The molecule has 0 aliphatic carbocycles. The minimum atomic E-state index is -2.91.